The Hall–Kier alpha value is -1.67. The molecule has 0 fully saturated rings. The number of carboxylic acid groups (broad SMARTS) is 3. The molecular weight excluding hydrogens is 608 g/mol. The minimum atomic E-state index is -2.31. The molecule has 0 rings (SSSR count). The second kappa shape index (κ2) is 23.0. The summed E-state index contributed by atoms with van der Waals surface area (Å²) in [7, 11) is 0. The molecule has 22 heteroatoms. The monoisotopic (exact) mass is 641 g/mol. The zero-order chi connectivity index (χ0) is 31.8. The summed E-state index contributed by atoms with van der Waals surface area (Å²) < 4.78 is 0. The van der Waals surface area contributed by atoms with E-state index >= 15 is 0 Å². The van der Waals surface area contributed by atoms with Gasteiger partial charge in [-0.25, -0.2) is 0 Å². The standard InChI is InChI=1S/3C6H12O7.Fe/c3*7-1-2(8)3(9)4(10)5(11)6(12)13;/h3*2-5,7-11H,1H2,(H,12,13);/q;;;+3/p-3. The summed E-state index contributed by atoms with van der Waals surface area (Å²) in [5, 5.41) is 160. The third kappa shape index (κ3) is 16.6. The number of rotatable bonds is 15. The second-order valence-corrected chi connectivity index (χ2v) is 7.48. The molecule has 0 aliphatic rings. The van der Waals surface area contributed by atoms with Gasteiger partial charge in [0, 0.05) is 0 Å². The fraction of sp³-hybridized carbons (Fsp3) is 0.833. The Labute approximate surface area is 234 Å². The van der Waals surface area contributed by atoms with Crippen LogP contribution in [0.2, 0.25) is 0 Å². The van der Waals surface area contributed by atoms with Gasteiger partial charge in [-0.1, -0.05) is 0 Å². The minimum Gasteiger partial charge on any atom is -0.547 e. The molecule has 21 nitrogen and oxygen atoms in total. The first kappa shape index (κ1) is 45.3. The van der Waals surface area contributed by atoms with E-state index in [9.17, 15) is 29.7 Å². The Morgan fingerprint density at radius 2 is 0.550 bits per heavy atom. The molecule has 0 aromatic carbocycles. The van der Waals surface area contributed by atoms with Gasteiger partial charge in [-0.05, 0) is 0 Å². The van der Waals surface area contributed by atoms with E-state index in [1.807, 2.05) is 0 Å². The third-order valence-corrected chi connectivity index (χ3v) is 4.49. The molecule has 40 heavy (non-hydrogen) atoms. The normalized spacial score (nSPS) is 19.9. The molecule has 0 aromatic heterocycles. The van der Waals surface area contributed by atoms with Crippen molar-refractivity contribution in [1.29, 1.82) is 0 Å². The maximum atomic E-state index is 9.98. The van der Waals surface area contributed by atoms with Crippen LogP contribution in [-0.2, 0) is 31.5 Å². The van der Waals surface area contributed by atoms with E-state index in [2.05, 4.69) is 0 Å². The van der Waals surface area contributed by atoms with Crippen molar-refractivity contribution in [3.63, 3.8) is 0 Å². The van der Waals surface area contributed by atoms with Gasteiger partial charge in [0.1, 0.15) is 73.2 Å². The first-order chi connectivity index (χ1) is 17.7. The Morgan fingerprint density at radius 1 is 0.400 bits per heavy atom. The van der Waals surface area contributed by atoms with E-state index < -0.39 is 111 Å². The van der Waals surface area contributed by atoms with E-state index in [4.69, 9.17) is 76.6 Å². The molecule has 0 aliphatic heterocycles. The maximum absolute atomic E-state index is 9.98. The van der Waals surface area contributed by atoms with Crippen molar-refractivity contribution < 1.29 is 123 Å². The van der Waals surface area contributed by atoms with Gasteiger partial charge in [0.2, 0.25) is 0 Å². The van der Waals surface area contributed by atoms with Gasteiger partial charge in [0.05, 0.1) is 37.7 Å². The van der Waals surface area contributed by atoms with E-state index in [0.29, 0.717) is 0 Å². The van der Waals surface area contributed by atoms with Crippen LogP contribution in [0.3, 0.4) is 0 Å². The number of aliphatic carboxylic acids is 3. The predicted molar refractivity (Wildman–Crippen MR) is 108 cm³/mol. The first-order valence-electron chi connectivity index (χ1n) is 10.4. The molecular formula is C18H33FeO21. The number of carbonyl (C=O) groups is 3. The van der Waals surface area contributed by atoms with Crippen LogP contribution in [-0.4, -0.2) is 188 Å². The van der Waals surface area contributed by atoms with Gasteiger partial charge in [-0.15, -0.1) is 0 Å². The number of hydrogen-bond donors (Lipinski definition) is 15. The molecule has 0 heterocycles. The largest absolute Gasteiger partial charge is 3.00 e. The summed E-state index contributed by atoms with van der Waals surface area (Å²) in [6.45, 7) is -2.59. The van der Waals surface area contributed by atoms with E-state index in [1.54, 1.807) is 0 Å². The molecule has 0 saturated heterocycles. The van der Waals surface area contributed by atoms with Crippen LogP contribution < -0.4 is 15.3 Å². The number of carboxylic acids is 3. The fourth-order valence-corrected chi connectivity index (χ4v) is 1.99. The van der Waals surface area contributed by atoms with Crippen LogP contribution in [0.1, 0.15) is 0 Å². The van der Waals surface area contributed by atoms with E-state index in [0.717, 1.165) is 0 Å². The first-order valence-corrected chi connectivity index (χ1v) is 10.4. The van der Waals surface area contributed by atoms with Gasteiger partial charge in [0.15, 0.2) is 0 Å². The topological polar surface area (TPSA) is 424 Å². The van der Waals surface area contributed by atoms with E-state index in [-0.39, 0.29) is 17.1 Å². The Morgan fingerprint density at radius 3 is 0.650 bits per heavy atom. The molecule has 0 saturated carbocycles. The van der Waals surface area contributed by atoms with Crippen LogP contribution in [0, 0.1) is 0 Å². The molecule has 0 aromatic rings. The Kier molecular flexibility index (Phi) is 26.0. The van der Waals surface area contributed by atoms with Crippen LogP contribution in [0.25, 0.3) is 0 Å². The zero-order valence-electron chi connectivity index (χ0n) is 20.1. The minimum absolute atomic E-state index is 0. The average molecular weight is 641 g/mol. The smallest absolute Gasteiger partial charge is 0.547 e. The predicted octanol–water partition coefficient (Wildman–Crippen LogP) is -14.5. The third-order valence-electron chi connectivity index (χ3n) is 4.49. The summed E-state index contributed by atoms with van der Waals surface area (Å²) in [5.74, 6) is -5.93. The fourth-order valence-electron chi connectivity index (χ4n) is 1.99. The van der Waals surface area contributed by atoms with Crippen molar-refractivity contribution in [1.82, 2.24) is 0 Å². The van der Waals surface area contributed by atoms with Crippen molar-refractivity contribution in [2.24, 2.45) is 0 Å². The van der Waals surface area contributed by atoms with Crippen LogP contribution in [0.15, 0.2) is 0 Å². The Balaban J connectivity index is -0.000000240. The van der Waals surface area contributed by atoms with Gasteiger partial charge < -0.3 is 106 Å². The van der Waals surface area contributed by atoms with Crippen LogP contribution in [0.4, 0.5) is 0 Å². The molecule has 0 spiro atoms. The van der Waals surface area contributed by atoms with Crippen LogP contribution >= 0.6 is 0 Å². The number of aliphatic hydroxyl groups excluding tert-OH is 15. The van der Waals surface area contributed by atoms with Crippen LogP contribution in [0.5, 0.6) is 0 Å². The average Bonchev–Trinajstić information content (AvgIpc) is 2.92. The van der Waals surface area contributed by atoms with Crippen molar-refractivity contribution in [3.05, 3.63) is 0 Å². The van der Waals surface area contributed by atoms with Gasteiger partial charge in [-0.2, -0.15) is 0 Å². The summed E-state index contributed by atoms with van der Waals surface area (Å²) in [4.78, 5) is 29.9. The molecule has 1 radical (unpaired) electrons. The van der Waals surface area contributed by atoms with Gasteiger partial charge in [-0.3, -0.25) is 0 Å². The van der Waals surface area contributed by atoms with Gasteiger partial charge in [0.25, 0.3) is 0 Å². The summed E-state index contributed by atoms with van der Waals surface area (Å²) in [6, 6.07) is 0. The van der Waals surface area contributed by atoms with Crippen molar-refractivity contribution >= 4 is 17.9 Å². The number of hydrogen-bond acceptors (Lipinski definition) is 21. The molecule has 239 valence electrons. The molecule has 12 atom stereocenters. The summed E-state index contributed by atoms with van der Waals surface area (Å²) >= 11 is 0. The quantitative estimate of drug-likeness (QED) is 0.0738. The van der Waals surface area contributed by atoms with E-state index in [1.165, 1.54) is 0 Å². The molecule has 0 amide bonds. The molecule has 0 bridgehead atoms. The van der Waals surface area contributed by atoms with Gasteiger partial charge >= 0.3 is 17.1 Å². The zero-order valence-corrected chi connectivity index (χ0v) is 21.2. The Bertz CT molecular complexity index is 608. The second-order valence-electron chi connectivity index (χ2n) is 7.48. The molecule has 12 unspecified atom stereocenters. The van der Waals surface area contributed by atoms with Crippen molar-refractivity contribution in [3.8, 4) is 0 Å². The maximum Gasteiger partial charge on any atom is 3.00 e. The summed E-state index contributed by atoms with van der Waals surface area (Å²) in [6.07, 6.45) is -24.2. The van der Waals surface area contributed by atoms with Crippen molar-refractivity contribution in [2.75, 3.05) is 19.8 Å². The number of carbonyl (C=O) groups excluding carboxylic acids is 3. The van der Waals surface area contributed by atoms with Crippen molar-refractivity contribution in [2.45, 2.75) is 73.2 Å². The SMILES string of the molecule is O=C([O-])C(O)C(O)C(O)C(O)CO.O=C([O-])C(O)C(O)C(O)C(O)CO.O=C([O-])C(O)C(O)C(O)C(O)CO.[Fe+3]. The molecule has 15 N–H and O–H groups in total. The number of aliphatic hydroxyl groups is 15. The summed E-state index contributed by atoms with van der Waals surface area (Å²) in [5.41, 5.74) is 0. The molecule has 0 aliphatic carbocycles.